The number of carbonyl (C=O) groups is 1. The van der Waals surface area contributed by atoms with Crippen molar-refractivity contribution < 1.29 is 13.9 Å². The predicted octanol–water partition coefficient (Wildman–Crippen LogP) is 2.65. The molecule has 2 atom stereocenters. The molecule has 1 aromatic heterocycles. The highest BCUT2D eigenvalue weighted by molar-refractivity contribution is 5.75. The zero-order chi connectivity index (χ0) is 18.1. The molecule has 26 heavy (non-hydrogen) atoms. The molecule has 1 aliphatic heterocycles. The van der Waals surface area contributed by atoms with Gasteiger partial charge in [-0.25, -0.2) is 14.2 Å². The summed E-state index contributed by atoms with van der Waals surface area (Å²) in [4.78, 5) is 18.3. The molecule has 136 valence electrons. The minimum absolute atomic E-state index is 0.0872. The first kappa shape index (κ1) is 16.8. The number of nitrogens with one attached hydrogen (secondary N) is 1. The van der Waals surface area contributed by atoms with Gasteiger partial charge in [0.25, 0.3) is 0 Å². The lowest BCUT2D eigenvalue weighted by Gasteiger charge is -2.39. The van der Waals surface area contributed by atoms with Crippen LogP contribution in [0.25, 0.3) is 0 Å². The van der Waals surface area contributed by atoms with Gasteiger partial charge in [-0.05, 0) is 48.6 Å². The van der Waals surface area contributed by atoms with E-state index in [0.29, 0.717) is 30.6 Å². The Morgan fingerprint density at radius 2 is 2.15 bits per heavy atom. The summed E-state index contributed by atoms with van der Waals surface area (Å²) in [7, 11) is 0. The number of amides is 2. The number of nitrogens with zero attached hydrogens (tertiary/aromatic N) is 2. The predicted molar refractivity (Wildman–Crippen MR) is 94.2 cm³/mol. The first-order chi connectivity index (χ1) is 12.5. The Balaban J connectivity index is 1.29. The summed E-state index contributed by atoms with van der Waals surface area (Å²) in [6, 6.07) is 9.21. The number of likely N-dealkylation sites (tertiary alicyclic amines) is 1. The van der Waals surface area contributed by atoms with Gasteiger partial charge in [-0.15, -0.1) is 0 Å². The van der Waals surface area contributed by atoms with Crippen LogP contribution in [0.3, 0.4) is 0 Å². The Kier molecular flexibility index (Phi) is 4.24. The highest BCUT2D eigenvalue weighted by Crippen LogP contribution is 2.42. The van der Waals surface area contributed by atoms with Crippen LogP contribution in [-0.4, -0.2) is 34.5 Å². The molecule has 3 N–H and O–H groups in total. The van der Waals surface area contributed by atoms with Gasteiger partial charge in [0.1, 0.15) is 11.6 Å². The van der Waals surface area contributed by atoms with E-state index < -0.39 is 0 Å². The number of fused-ring (bicyclic) bond motifs is 1. The molecule has 0 unspecified atom stereocenters. The zero-order valence-electron chi connectivity index (χ0n) is 14.3. The van der Waals surface area contributed by atoms with E-state index in [2.05, 4.69) is 10.3 Å². The number of benzene rings is 1. The molecule has 2 amide bonds. The van der Waals surface area contributed by atoms with Gasteiger partial charge in [0, 0.05) is 37.4 Å². The number of hydrogen-bond donors (Lipinski definition) is 2. The SMILES string of the molecule is N[C@]12CC[C@H]1CN(C(=O)NCc1ccc(Oc3ccc(F)cc3)nc1)C2. The first-order valence-electron chi connectivity index (χ1n) is 8.72. The lowest BCUT2D eigenvalue weighted by atomic mass is 9.70. The third kappa shape index (κ3) is 3.35. The third-order valence-corrected chi connectivity index (χ3v) is 5.26. The minimum Gasteiger partial charge on any atom is -0.439 e. The van der Waals surface area contributed by atoms with Crippen molar-refractivity contribution in [3.05, 3.63) is 54.0 Å². The van der Waals surface area contributed by atoms with E-state index in [1.54, 1.807) is 29.3 Å². The van der Waals surface area contributed by atoms with E-state index in [4.69, 9.17) is 10.5 Å². The largest absolute Gasteiger partial charge is 0.439 e. The number of rotatable bonds is 4. The zero-order valence-corrected chi connectivity index (χ0v) is 14.3. The molecule has 1 saturated carbocycles. The first-order valence-corrected chi connectivity index (χ1v) is 8.72. The summed E-state index contributed by atoms with van der Waals surface area (Å²) in [6.07, 6.45) is 3.76. The Morgan fingerprint density at radius 1 is 1.35 bits per heavy atom. The van der Waals surface area contributed by atoms with Crippen LogP contribution in [0.5, 0.6) is 11.6 Å². The fourth-order valence-corrected chi connectivity index (χ4v) is 3.53. The van der Waals surface area contributed by atoms with Gasteiger partial charge in [-0.2, -0.15) is 0 Å². The second-order valence-corrected chi connectivity index (χ2v) is 7.07. The average Bonchev–Trinajstić information content (AvgIpc) is 2.87. The Hall–Kier alpha value is -2.67. The van der Waals surface area contributed by atoms with Crippen LogP contribution < -0.4 is 15.8 Å². The molecule has 2 aromatic rings. The van der Waals surface area contributed by atoms with E-state index in [-0.39, 0.29) is 17.4 Å². The summed E-state index contributed by atoms with van der Waals surface area (Å²) in [5, 5.41) is 2.91. The number of nitrogens with two attached hydrogens (primary N) is 1. The third-order valence-electron chi connectivity index (χ3n) is 5.26. The number of hydrogen-bond acceptors (Lipinski definition) is 4. The fraction of sp³-hybridized carbons (Fsp3) is 0.368. The quantitative estimate of drug-likeness (QED) is 0.883. The molecule has 2 heterocycles. The second-order valence-electron chi connectivity index (χ2n) is 7.07. The second kappa shape index (κ2) is 6.57. The maximum Gasteiger partial charge on any atom is 0.317 e. The van der Waals surface area contributed by atoms with Crippen molar-refractivity contribution >= 4 is 6.03 Å². The Labute approximate surface area is 151 Å². The maximum absolute atomic E-state index is 12.9. The smallest absolute Gasteiger partial charge is 0.317 e. The van der Waals surface area contributed by atoms with Crippen LogP contribution in [0.1, 0.15) is 18.4 Å². The van der Waals surface area contributed by atoms with Crippen molar-refractivity contribution in [2.24, 2.45) is 11.7 Å². The molecule has 7 heteroatoms. The number of halogens is 1. The van der Waals surface area contributed by atoms with E-state index in [1.165, 1.54) is 12.1 Å². The molecule has 0 spiro atoms. The van der Waals surface area contributed by atoms with Crippen LogP contribution in [0.15, 0.2) is 42.6 Å². The van der Waals surface area contributed by atoms with E-state index >= 15 is 0 Å². The van der Waals surface area contributed by atoms with Gasteiger partial charge in [0.15, 0.2) is 0 Å². The molecule has 1 saturated heterocycles. The van der Waals surface area contributed by atoms with Gasteiger partial charge in [0.2, 0.25) is 5.88 Å². The monoisotopic (exact) mass is 356 g/mol. The highest BCUT2D eigenvalue weighted by atomic mass is 19.1. The van der Waals surface area contributed by atoms with Crippen LogP contribution in [0, 0.1) is 11.7 Å². The van der Waals surface area contributed by atoms with E-state index in [9.17, 15) is 9.18 Å². The molecule has 0 radical (unpaired) electrons. The molecule has 6 nitrogen and oxygen atoms in total. The molecule has 2 fully saturated rings. The molecular formula is C19H21FN4O2. The van der Waals surface area contributed by atoms with Crippen LogP contribution in [0.2, 0.25) is 0 Å². The number of aromatic nitrogens is 1. The number of carbonyl (C=O) groups excluding carboxylic acids is 1. The van der Waals surface area contributed by atoms with Crippen molar-refractivity contribution in [3.8, 4) is 11.6 Å². The van der Waals surface area contributed by atoms with Crippen molar-refractivity contribution in [2.75, 3.05) is 13.1 Å². The fourth-order valence-electron chi connectivity index (χ4n) is 3.53. The van der Waals surface area contributed by atoms with Crippen molar-refractivity contribution in [2.45, 2.75) is 24.9 Å². The van der Waals surface area contributed by atoms with Crippen molar-refractivity contribution in [1.82, 2.24) is 15.2 Å². The summed E-state index contributed by atoms with van der Waals surface area (Å²) in [5.74, 6) is 1.05. The molecular weight excluding hydrogens is 335 g/mol. The normalized spacial score (nSPS) is 23.9. The van der Waals surface area contributed by atoms with Crippen LogP contribution in [-0.2, 0) is 6.54 Å². The Morgan fingerprint density at radius 3 is 2.73 bits per heavy atom. The van der Waals surface area contributed by atoms with Gasteiger partial charge >= 0.3 is 6.03 Å². The molecule has 1 aliphatic carbocycles. The summed E-state index contributed by atoms with van der Waals surface area (Å²) >= 11 is 0. The lowest BCUT2D eigenvalue weighted by molar-refractivity contribution is 0.187. The maximum atomic E-state index is 12.9. The van der Waals surface area contributed by atoms with Gasteiger partial charge in [0.05, 0.1) is 0 Å². The average molecular weight is 356 g/mol. The number of urea groups is 1. The van der Waals surface area contributed by atoms with Gasteiger partial charge in [-0.3, -0.25) is 0 Å². The minimum atomic E-state index is -0.317. The molecule has 2 aliphatic rings. The number of pyridine rings is 1. The molecule has 1 aromatic carbocycles. The standard InChI is InChI=1S/C19H21FN4O2/c20-15-2-4-16(5-3-15)26-17-6-1-13(9-22-17)10-23-18(25)24-11-14-7-8-19(14,21)12-24/h1-6,9,14H,7-8,10-12,21H2,(H,23,25)/t14-,19-/m0/s1. The van der Waals surface area contributed by atoms with E-state index in [0.717, 1.165) is 24.9 Å². The van der Waals surface area contributed by atoms with E-state index in [1.807, 2.05) is 6.07 Å². The summed E-state index contributed by atoms with van der Waals surface area (Å²) in [5.41, 5.74) is 6.97. The van der Waals surface area contributed by atoms with Gasteiger partial charge < -0.3 is 20.7 Å². The number of ether oxygens (including phenoxy) is 1. The van der Waals surface area contributed by atoms with Crippen LogP contribution in [0.4, 0.5) is 9.18 Å². The summed E-state index contributed by atoms with van der Waals surface area (Å²) < 4.78 is 18.4. The van der Waals surface area contributed by atoms with Crippen LogP contribution >= 0.6 is 0 Å². The van der Waals surface area contributed by atoms with Crippen molar-refractivity contribution in [1.29, 1.82) is 0 Å². The molecule has 0 bridgehead atoms. The van der Waals surface area contributed by atoms with Gasteiger partial charge in [-0.1, -0.05) is 6.07 Å². The summed E-state index contributed by atoms with van der Waals surface area (Å²) in [6.45, 7) is 1.76. The molecule has 4 rings (SSSR count). The van der Waals surface area contributed by atoms with Crippen molar-refractivity contribution in [3.63, 3.8) is 0 Å². The lowest BCUT2D eigenvalue weighted by Crippen LogP contribution is -2.55. The highest BCUT2D eigenvalue weighted by Gasteiger charge is 2.51. The Bertz CT molecular complexity index is 796. The topological polar surface area (TPSA) is 80.5 Å².